The number of rotatable bonds is 7. The van der Waals surface area contributed by atoms with Crippen molar-refractivity contribution in [1.29, 1.82) is 0 Å². The lowest BCUT2D eigenvalue weighted by molar-refractivity contribution is 0.208. The summed E-state index contributed by atoms with van der Waals surface area (Å²) in [4.78, 5) is 2.26. The van der Waals surface area contributed by atoms with Crippen LogP contribution in [0, 0.1) is 0 Å². The molecule has 1 saturated heterocycles. The first-order valence-electron chi connectivity index (χ1n) is 7.20. The molecule has 0 amide bonds. The molecule has 0 N–H and O–H groups in total. The van der Waals surface area contributed by atoms with E-state index in [1.165, 1.54) is 5.56 Å². The lowest BCUT2D eigenvalue weighted by atomic mass is 10.1. The third-order valence-electron chi connectivity index (χ3n) is 3.64. The lowest BCUT2D eigenvalue weighted by Crippen LogP contribution is -2.25. The first-order chi connectivity index (χ1) is 9.96. The Morgan fingerprint density at radius 3 is 2.62 bits per heavy atom. The predicted octanol–water partition coefficient (Wildman–Crippen LogP) is 1.68. The molecule has 1 aromatic carbocycles. The summed E-state index contributed by atoms with van der Waals surface area (Å²) >= 11 is 0. The number of aryl methyl sites for hydroxylation is 1. The second-order valence-corrected chi connectivity index (χ2v) is 7.06. The average Bonchev–Trinajstić information content (AvgIpc) is 2.85. The van der Waals surface area contributed by atoms with Crippen molar-refractivity contribution in [3.63, 3.8) is 0 Å². The maximum atomic E-state index is 11.1. The number of likely N-dealkylation sites (tertiary alicyclic amines) is 1. The highest BCUT2D eigenvalue weighted by atomic mass is 32.2. The molecule has 21 heavy (non-hydrogen) atoms. The molecule has 0 radical (unpaired) electrons. The highest BCUT2D eigenvalue weighted by Crippen LogP contribution is 2.16. The molecule has 0 saturated carbocycles. The highest BCUT2D eigenvalue weighted by Gasteiger charge is 2.25. The predicted molar refractivity (Wildman–Crippen MR) is 82.1 cm³/mol. The monoisotopic (exact) mass is 313 g/mol. The van der Waals surface area contributed by atoms with Gasteiger partial charge in [0.2, 0.25) is 0 Å². The number of benzene rings is 1. The maximum absolute atomic E-state index is 11.1. The first kappa shape index (κ1) is 16.3. The van der Waals surface area contributed by atoms with Crippen LogP contribution in [0.15, 0.2) is 24.3 Å². The van der Waals surface area contributed by atoms with Crippen LogP contribution in [0.2, 0.25) is 0 Å². The van der Waals surface area contributed by atoms with Crippen molar-refractivity contribution in [2.75, 3.05) is 33.0 Å². The van der Waals surface area contributed by atoms with E-state index in [-0.39, 0.29) is 6.10 Å². The quantitative estimate of drug-likeness (QED) is 0.717. The summed E-state index contributed by atoms with van der Waals surface area (Å²) in [6.45, 7) is 2.58. The van der Waals surface area contributed by atoms with Crippen LogP contribution in [-0.4, -0.2) is 52.4 Å². The molecule has 2 rings (SSSR count). The van der Waals surface area contributed by atoms with Crippen molar-refractivity contribution >= 4 is 10.1 Å². The van der Waals surface area contributed by atoms with Crippen LogP contribution in [0.4, 0.5) is 0 Å². The van der Waals surface area contributed by atoms with E-state index in [9.17, 15) is 8.42 Å². The molecule has 1 aromatic rings. The highest BCUT2D eigenvalue weighted by molar-refractivity contribution is 7.86. The van der Waals surface area contributed by atoms with Gasteiger partial charge in [-0.3, -0.25) is 4.18 Å². The molecule has 118 valence electrons. The van der Waals surface area contributed by atoms with E-state index in [2.05, 4.69) is 17.0 Å². The second-order valence-electron chi connectivity index (χ2n) is 5.46. The molecule has 0 aliphatic carbocycles. The zero-order valence-electron chi connectivity index (χ0n) is 12.6. The third kappa shape index (κ3) is 5.65. The molecule has 0 spiro atoms. The van der Waals surface area contributed by atoms with Gasteiger partial charge in [-0.1, -0.05) is 12.1 Å². The van der Waals surface area contributed by atoms with Gasteiger partial charge < -0.3 is 9.64 Å². The van der Waals surface area contributed by atoms with Gasteiger partial charge in [0.1, 0.15) is 5.75 Å². The smallest absolute Gasteiger partial charge is 0.264 e. The largest absolute Gasteiger partial charge is 0.497 e. The molecule has 0 aromatic heterocycles. The number of ether oxygens (including phenoxy) is 1. The number of methoxy groups -OCH3 is 1. The van der Waals surface area contributed by atoms with E-state index in [4.69, 9.17) is 8.92 Å². The maximum Gasteiger partial charge on any atom is 0.264 e. The molecular weight excluding hydrogens is 290 g/mol. The summed E-state index contributed by atoms with van der Waals surface area (Å²) in [6.07, 6.45) is 3.78. The van der Waals surface area contributed by atoms with Crippen molar-refractivity contribution < 1.29 is 17.3 Å². The zero-order valence-corrected chi connectivity index (χ0v) is 13.4. The summed E-state index contributed by atoms with van der Waals surface area (Å²) in [5.74, 6) is 0.874. The Balaban J connectivity index is 1.69. The van der Waals surface area contributed by atoms with Crippen molar-refractivity contribution in [1.82, 2.24) is 4.90 Å². The molecule has 0 bridgehead atoms. The van der Waals surface area contributed by atoms with Crippen LogP contribution in [-0.2, 0) is 20.7 Å². The summed E-state index contributed by atoms with van der Waals surface area (Å²) in [5.41, 5.74) is 1.29. The third-order valence-corrected chi connectivity index (χ3v) is 4.26. The van der Waals surface area contributed by atoms with Gasteiger partial charge in [-0.15, -0.1) is 0 Å². The van der Waals surface area contributed by atoms with Gasteiger partial charge in [0.25, 0.3) is 10.1 Å². The van der Waals surface area contributed by atoms with E-state index in [1.807, 2.05) is 12.1 Å². The van der Waals surface area contributed by atoms with Crippen molar-refractivity contribution in [2.24, 2.45) is 0 Å². The summed E-state index contributed by atoms with van der Waals surface area (Å²) in [5, 5.41) is 0. The Labute approximate surface area is 127 Å². The van der Waals surface area contributed by atoms with Gasteiger partial charge >= 0.3 is 0 Å². The van der Waals surface area contributed by atoms with Gasteiger partial charge in [-0.25, -0.2) is 0 Å². The van der Waals surface area contributed by atoms with E-state index in [0.717, 1.165) is 44.4 Å². The van der Waals surface area contributed by atoms with Gasteiger partial charge in [0, 0.05) is 13.1 Å². The minimum Gasteiger partial charge on any atom is -0.497 e. The average molecular weight is 313 g/mol. The molecule has 1 heterocycles. The molecular formula is C15H23NO4S. The Morgan fingerprint density at radius 2 is 2.00 bits per heavy atom. The van der Waals surface area contributed by atoms with Gasteiger partial charge in [-0.05, 0) is 43.5 Å². The molecule has 1 unspecified atom stereocenters. The standard InChI is InChI=1S/C15H23NO4S/c1-19-14-7-5-13(6-8-14)4-3-10-16-11-9-15(12-16)20-21(2,17)18/h5-8,15H,3-4,9-12H2,1-2H3. The van der Waals surface area contributed by atoms with E-state index < -0.39 is 10.1 Å². The fourth-order valence-electron chi connectivity index (χ4n) is 2.62. The van der Waals surface area contributed by atoms with E-state index in [1.54, 1.807) is 7.11 Å². The second kappa shape index (κ2) is 7.24. The van der Waals surface area contributed by atoms with Gasteiger partial charge in [0.15, 0.2) is 0 Å². The lowest BCUT2D eigenvalue weighted by Gasteiger charge is -2.15. The minimum atomic E-state index is -3.34. The Hall–Kier alpha value is -1.11. The van der Waals surface area contributed by atoms with Crippen LogP contribution < -0.4 is 4.74 Å². The van der Waals surface area contributed by atoms with Crippen molar-refractivity contribution in [3.8, 4) is 5.75 Å². The fourth-order valence-corrected chi connectivity index (χ4v) is 3.28. The zero-order chi connectivity index (χ0) is 15.3. The molecule has 1 atom stereocenters. The fraction of sp³-hybridized carbons (Fsp3) is 0.600. The van der Waals surface area contributed by atoms with Crippen LogP contribution >= 0.6 is 0 Å². The summed E-state index contributed by atoms with van der Waals surface area (Å²) in [7, 11) is -1.68. The Bertz CT molecular complexity index is 541. The molecule has 1 aliphatic rings. The van der Waals surface area contributed by atoms with Gasteiger partial charge in [0.05, 0.1) is 19.5 Å². The van der Waals surface area contributed by atoms with Crippen molar-refractivity contribution in [2.45, 2.75) is 25.4 Å². The Kier molecular flexibility index (Phi) is 5.61. The summed E-state index contributed by atoms with van der Waals surface area (Å²) in [6, 6.07) is 8.11. The normalized spacial score (nSPS) is 19.8. The SMILES string of the molecule is COc1ccc(CCCN2CCC(OS(C)(=O)=O)C2)cc1. The van der Waals surface area contributed by atoms with Gasteiger partial charge in [-0.2, -0.15) is 8.42 Å². The number of hydrogen-bond acceptors (Lipinski definition) is 5. The van der Waals surface area contributed by atoms with Crippen LogP contribution in [0.5, 0.6) is 5.75 Å². The van der Waals surface area contributed by atoms with Crippen LogP contribution in [0.3, 0.4) is 0 Å². The molecule has 1 fully saturated rings. The number of nitrogens with zero attached hydrogens (tertiary/aromatic N) is 1. The Morgan fingerprint density at radius 1 is 1.29 bits per heavy atom. The number of hydrogen-bond donors (Lipinski definition) is 0. The van der Waals surface area contributed by atoms with E-state index in [0.29, 0.717) is 6.54 Å². The van der Waals surface area contributed by atoms with Crippen molar-refractivity contribution in [3.05, 3.63) is 29.8 Å². The van der Waals surface area contributed by atoms with Crippen LogP contribution in [0.1, 0.15) is 18.4 Å². The van der Waals surface area contributed by atoms with E-state index >= 15 is 0 Å². The van der Waals surface area contributed by atoms with Crippen LogP contribution in [0.25, 0.3) is 0 Å². The summed E-state index contributed by atoms with van der Waals surface area (Å²) < 4.78 is 32.4. The minimum absolute atomic E-state index is 0.180. The first-order valence-corrected chi connectivity index (χ1v) is 9.01. The molecule has 1 aliphatic heterocycles. The molecule has 6 heteroatoms. The molecule has 5 nitrogen and oxygen atoms in total. The topological polar surface area (TPSA) is 55.8 Å².